The first kappa shape index (κ1) is 9.34. The van der Waals surface area contributed by atoms with Crippen molar-refractivity contribution in [3.8, 4) is 0 Å². The Morgan fingerprint density at radius 2 is 2.00 bits per heavy atom. The zero-order chi connectivity index (χ0) is 9.84. The Morgan fingerprint density at radius 3 is 2.54 bits per heavy atom. The molecule has 0 heterocycles. The molecule has 0 aromatic heterocycles. The Hall–Kier alpha value is -1.75. The number of carbonyl (C=O) groups excluding carboxylic acids is 1. The molecule has 1 aromatic rings. The molecular formula is C8H11N3O2. The van der Waals surface area contributed by atoms with Crippen LogP contribution in [0.25, 0.3) is 0 Å². The lowest BCUT2D eigenvalue weighted by molar-refractivity contribution is -0.143. The second-order valence-corrected chi connectivity index (χ2v) is 2.63. The molecule has 0 aliphatic carbocycles. The highest BCUT2D eigenvalue weighted by molar-refractivity contribution is 5.74. The van der Waals surface area contributed by atoms with E-state index in [1.165, 1.54) is 0 Å². The monoisotopic (exact) mass is 181 g/mol. The van der Waals surface area contributed by atoms with Crippen LogP contribution in [0.4, 0.5) is 11.4 Å². The number of anilines is 2. The largest absolute Gasteiger partial charge is 0.397 e. The molecule has 0 amide bonds. The van der Waals surface area contributed by atoms with Crippen molar-refractivity contribution in [3.63, 3.8) is 0 Å². The summed E-state index contributed by atoms with van der Waals surface area (Å²) in [6.07, 6.45) is 0.0982. The second-order valence-electron chi connectivity index (χ2n) is 2.63. The fourth-order valence-electron chi connectivity index (χ4n) is 0.943. The van der Waals surface area contributed by atoms with Gasteiger partial charge in [0, 0.05) is 0 Å². The van der Waals surface area contributed by atoms with Crippen molar-refractivity contribution in [3.05, 3.63) is 23.8 Å². The highest BCUT2D eigenvalue weighted by Gasteiger charge is 2.04. The number of hydrogen-bond acceptors (Lipinski definition) is 5. The molecule has 1 rings (SSSR count). The predicted octanol–water partition coefficient (Wildman–Crippen LogP) is -0.190. The van der Waals surface area contributed by atoms with Gasteiger partial charge in [0.2, 0.25) is 0 Å². The number of benzene rings is 1. The van der Waals surface area contributed by atoms with E-state index in [4.69, 9.17) is 11.5 Å². The smallest absolute Gasteiger partial charge is 0.328 e. The molecular weight excluding hydrogens is 170 g/mol. The number of hydrogen-bond donors (Lipinski definition) is 3. The van der Waals surface area contributed by atoms with Crippen molar-refractivity contribution in [1.29, 1.82) is 0 Å². The fourth-order valence-corrected chi connectivity index (χ4v) is 0.943. The molecule has 0 saturated heterocycles. The third kappa shape index (κ3) is 2.34. The zero-order valence-electron chi connectivity index (χ0n) is 6.99. The molecule has 0 spiro atoms. The van der Waals surface area contributed by atoms with Gasteiger partial charge in [-0.05, 0) is 17.7 Å². The summed E-state index contributed by atoms with van der Waals surface area (Å²) in [5.41, 5.74) is 12.7. The Kier molecular flexibility index (Phi) is 2.71. The van der Waals surface area contributed by atoms with Crippen molar-refractivity contribution in [2.45, 2.75) is 6.42 Å². The Bertz CT molecular complexity index is 325. The molecule has 5 heteroatoms. The highest BCUT2D eigenvalue weighted by Crippen LogP contribution is 2.16. The number of rotatable bonds is 2. The van der Waals surface area contributed by atoms with E-state index < -0.39 is 5.97 Å². The standard InChI is InChI=1S/C8H11N3O2/c9-6-2-1-5(3-7(6)10)4-8(12)13-11/h1-3H,4,9-11H2. The molecule has 5 nitrogen and oxygen atoms in total. The predicted molar refractivity (Wildman–Crippen MR) is 49.3 cm³/mol. The lowest BCUT2D eigenvalue weighted by atomic mass is 10.1. The average Bonchev–Trinajstić information content (AvgIpc) is 2.11. The first-order valence-electron chi connectivity index (χ1n) is 3.67. The minimum absolute atomic E-state index is 0.0982. The quantitative estimate of drug-likeness (QED) is 0.433. The van der Waals surface area contributed by atoms with Crippen molar-refractivity contribution < 1.29 is 9.63 Å². The molecule has 0 bridgehead atoms. The summed E-state index contributed by atoms with van der Waals surface area (Å²) in [5.74, 6) is 4.17. The maximum absolute atomic E-state index is 10.8. The van der Waals surface area contributed by atoms with E-state index in [1.807, 2.05) is 0 Å². The first-order valence-corrected chi connectivity index (χ1v) is 3.67. The van der Waals surface area contributed by atoms with Crippen LogP contribution in [0.1, 0.15) is 5.56 Å². The third-order valence-corrected chi connectivity index (χ3v) is 1.63. The van der Waals surface area contributed by atoms with Crippen molar-refractivity contribution in [2.24, 2.45) is 5.90 Å². The van der Waals surface area contributed by atoms with E-state index in [9.17, 15) is 4.79 Å². The third-order valence-electron chi connectivity index (χ3n) is 1.63. The second kappa shape index (κ2) is 3.77. The van der Waals surface area contributed by atoms with Crippen LogP contribution in [-0.4, -0.2) is 5.97 Å². The fraction of sp³-hybridized carbons (Fsp3) is 0.125. The van der Waals surface area contributed by atoms with Crippen LogP contribution in [-0.2, 0) is 16.1 Å². The Morgan fingerprint density at radius 1 is 1.31 bits per heavy atom. The molecule has 0 aliphatic rings. The molecule has 0 atom stereocenters. The maximum Gasteiger partial charge on any atom is 0.328 e. The van der Waals surface area contributed by atoms with Crippen LogP contribution in [0.3, 0.4) is 0 Å². The van der Waals surface area contributed by atoms with Gasteiger partial charge in [0.15, 0.2) is 0 Å². The lowest BCUT2D eigenvalue weighted by Crippen LogP contribution is -2.12. The molecule has 0 radical (unpaired) electrons. The van der Waals surface area contributed by atoms with Gasteiger partial charge >= 0.3 is 5.97 Å². The van der Waals surface area contributed by atoms with Crippen molar-refractivity contribution in [2.75, 3.05) is 11.5 Å². The molecule has 0 saturated carbocycles. The van der Waals surface area contributed by atoms with E-state index in [2.05, 4.69) is 10.7 Å². The summed E-state index contributed by atoms with van der Waals surface area (Å²) in [6, 6.07) is 4.95. The van der Waals surface area contributed by atoms with E-state index in [0.29, 0.717) is 11.4 Å². The van der Waals surface area contributed by atoms with Crippen LogP contribution in [0.2, 0.25) is 0 Å². The minimum atomic E-state index is -0.510. The van der Waals surface area contributed by atoms with Gasteiger partial charge in [0.1, 0.15) is 0 Å². The normalized spacial score (nSPS) is 9.62. The van der Waals surface area contributed by atoms with Gasteiger partial charge in [-0.25, -0.2) is 0 Å². The van der Waals surface area contributed by atoms with Crippen LogP contribution in [0.15, 0.2) is 18.2 Å². The lowest BCUT2D eigenvalue weighted by Gasteiger charge is -2.03. The van der Waals surface area contributed by atoms with Crippen LogP contribution < -0.4 is 17.4 Å². The highest BCUT2D eigenvalue weighted by atomic mass is 16.7. The van der Waals surface area contributed by atoms with Gasteiger partial charge in [-0.15, -0.1) is 0 Å². The topological polar surface area (TPSA) is 104 Å². The van der Waals surface area contributed by atoms with Crippen LogP contribution >= 0.6 is 0 Å². The van der Waals surface area contributed by atoms with Crippen LogP contribution in [0.5, 0.6) is 0 Å². The van der Waals surface area contributed by atoms with Gasteiger partial charge < -0.3 is 16.3 Å². The maximum atomic E-state index is 10.8. The number of nitrogen functional groups attached to an aromatic ring is 2. The number of carbonyl (C=O) groups is 1. The summed E-state index contributed by atoms with van der Waals surface area (Å²) in [5, 5.41) is 0. The van der Waals surface area contributed by atoms with Crippen molar-refractivity contribution >= 4 is 17.3 Å². The van der Waals surface area contributed by atoms with E-state index in [0.717, 1.165) is 5.56 Å². The summed E-state index contributed by atoms with van der Waals surface area (Å²) in [7, 11) is 0. The van der Waals surface area contributed by atoms with Gasteiger partial charge in [-0.1, -0.05) is 6.07 Å². The summed E-state index contributed by atoms with van der Waals surface area (Å²) < 4.78 is 0. The molecule has 1 aromatic carbocycles. The number of nitrogens with two attached hydrogens (primary N) is 3. The zero-order valence-corrected chi connectivity index (χ0v) is 6.99. The van der Waals surface area contributed by atoms with Crippen molar-refractivity contribution in [1.82, 2.24) is 0 Å². The van der Waals surface area contributed by atoms with E-state index in [-0.39, 0.29) is 6.42 Å². The van der Waals surface area contributed by atoms with E-state index >= 15 is 0 Å². The Labute approximate surface area is 75.4 Å². The molecule has 0 unspecified atom stereocenters. The molecule has 13 heavy (non-hydrogen) atoms. The average molecular weight is 181 g/mol. The molecule has 6 N–H and O–H groups in total. The molecule has 0 fully saturated rings. The minimum Gasteiger partial charge on any atom is -0.397 e. The summed E-state index contributed by atoms with van der Waals surface area (Å²) >= 11 is 0. The SMILES string of the molecule is NOC(=O)Cc1ccc(N)c(N)c1. The molecule has 70 valence electrons. The Balaban J connectivity index is 2.79. The molecule has 0 aliphatic heterocycles. The van der Waals surface area contributed by atoms with Crippen LogP contribution in [0, 0.1) is 0 Å². The van der Waals surface area contributed by atoms with Gasteiger partial charge in [-0.2, -0.15) is 5.90 Å². The van der Waals surface area contributed by atoms with Gasteiger partial charge in [-0.3, -0.25) is 4.79 Å². The summed E-state index contributed by atoms with van der Waals surface area (Å²) in [6.45, 7) is 0. The van der Waals surface area contributed by atoms with Gasteiger partial charge in [0.05, 0.1) is 17.8 Å². The van der Waals surface area contributed by atoms with E-state index in [1.54, 1.807) is 18.2 Å². The summed E-state index contributed by atoms with van der Waals surface area (Å²) in [4.78, 5) is 14.8. The first-order chi connectivity index (χ1) is 6.13. The van der Waals surface area contributed by atoms with Gasteiger partial charge in [0.25, 0.3) is 0 Å².